The van der Waals surface area contributed by atoms with Crippen LogP contribution in [0, 0.1) is 0 Å². The van der Waals surface area contributed by atoms with Gasteiger partial charge in [-0.15, -0.1) is 0 Å². The van der Waals surface area contributed by atoms with Gasteiger partial charge in [0.2, 0.25) is 0 Å². The van der Waals surface area contributed by atoms with Gasteiger partial charge >= 0.3 is 0 Å². The van der Waals surface area contributed by atoms with Crippen molar-refractivity contribution in [1.82, 2.24) is 10.4 Å². The van der Waals surface area contributed by atoms with Crippen LogP contribution in [0.25, 0.3) is 0 Å². The first-order valence-corrected chi connectivity index (χ1v) is 8.49. The second-order valence-electron chi connectivity index (χ2n) is 6.13. The summed E-state index contributed by atoms with van der Waals surface area (Å²) >= 11 is 0. The van der Waals surface area contributed by atoms with E-state index in [1.54, 1.807) is 7.11 Å². The molecule has 2 atom stereocenters. The van der Waals surface area contributed by atoms with Crippen LogP contribution in [0.4, 0.5) is 0 Å². The normalized spacial score (nSPS) is 20.5. The van der Waals surface area contributed by atoms with Crippen LogP contribution in [0.5, 0.6) is 0 Å². The van der Waals surface area contributed by atoms with Gasteiger partial charge in [0.25, 0.3) is 5.91 Å². The van der Waals surface area contributed by atoms with Crippen LogP contribution in [0.1, 0.15) is 24.0 Å². The number of hydrogen-bond donors (Lipinski definition) is 1. The third kappa shape index (κ3) is 4.02. The van der Waals surface area contributed by atoms with E-state index in [0.29, 0.717) is 0 Å². The van der Waals surface area contributed by atoms with E-state index in [-0.39, 0.29) is 18.1 Å². The molecule has 0 aliphatic carbocycles. The Labute approximate surface area is 143 Å². The van der Waals surface area contributed by atoms with Crippen LogP contribution in [0.15, 0.2) is 60.7 Å². The Bertz CT molecular complexity index is 645. The van der Waals surface area contributed by atoms with Gasteiger partial charge in [-0.2, -0.15) is 0 Å². The molecule has 4 heteroatoms. The molecule has 24 heavy (non-hydrogen) atoms. The number of rotatable bonds is 7. The summed E-state index contributed by atoms with van der Waals surface area (Å²) in [7, 11) is 1.56. The van der Waals surface area contributed by atoms with Crippen LogP contribution >= 0.6 is 0 Å². The lowest BCUT2D eigenvalue weighted by atomic mass is 10.1. The number of aryl methyl sites for hydroxylation is 2. The molecular weight excluding hydrogens is 300 g/mol. The largest absolute Gasteiger partial charge is 0.284 e. The second kappa shape index (κ2) is 8.08. The monoisotopic (exact) mass is 324 g/mol. The minimum Gasteiger partial charge on any atom is -0.284 e. The number of hydroxylamine groups is 2. The Morgan fingerprint density at radius 2 is 1.46 bits per heavy atom. The smallest absolute Gasteiger partial charge is 0.264 e. The molecule has 0 bridgehead atoms. The summed E-state index contributed by atoms with van der Waals surface area (Å²) in [5.41, 5.74) is 2.53. The zero-order valence-corrected chi connectivity index (χ0v) is 14.0. The van der Waals surface area contributed by atoms with Crippen molar-refractivity contribution in [2.24, 2.45) is 0 Å². The zero-order chi connectivity index (χ0) is 16.8. The first-order chi connectivity index (χ1) is 11.8. The first-order valence-electron chi connectivity index (χ1n) is 8.49. The van der Waals surface area contributed by atoms with Crippen molar-refractivity contribution < 1.29 is 9.63 Å². The molecule has 1 aliphatic heterocycles. The molecule has 1 amide bonds. The maximum atomic E-state index is 12.5. The van der Waals surface area contributed by atoms with Crippen LogP contribution in [-0.2, 0) is 22.5 Å². The van der Waals surface area contributed by atoms with Crippen LogP contribution in [0.2, 0.25) is 0 Å². The third-order valence-electron chi connectivity index (χ3n) is 4.50. The predicted molar refractivity (Wildman–Crippen MR) is 94.1 cm³/mol. The number of hydrogen-bond acceptors (Lipinski definition) is 3. The summed E-state index contributed by atoms with van der Waals surface area (Å²) in [6.07, 6.45) is 3.35. The molecule has 1 heterocycles. The number of amides is 1. The number of nitrogens with zero attached hydrogens (tertiary/aromatic N) is 1. The summed E-state index contributed by atoms with van der Waals surface area (Å²) in [5.74, 6) is 0.0338. The van der Waals surface area contributed by atoms with Gasteiger partial charge in [0.15, 0.2) is 0 Å². The van der Waals surface area contributed by atoms with Gasteiger partial charge < -0.3 is 0 Å². The number of carbonyl (C=O) groups is 1. The molecule has 0 saturated carbocycles. The topological polar surface area (TPSA) is 41.6 Å². The quantitative estimate of drug-likeness (QED) is 0.851. The maximum absolute atomic E-state index is 12.5. The summed E-state index contributed by atoms with van der Waals surface area (Å²) < 4.78 is 0. The minimum atomic E-state index is -0.175. The molecule has 1 fully saturated rings. The lowest BCUT2D eigenvalue weighted by molar-refractivity contribution is -0.179. The summed E-state index contributed by atoms with van der Waals surface area (Å²) in [4.78, 5) is 17.8. The van der Waals surface area contributed by atoms with Gasteiger partial charge in [0.1, 0.15) is 6.17 Å². The fourth-order valence-corrected chi connectivity index (χ4v) is 3.21. The van der Waals surface area contributed by atoms with Crippen molar-refractivity contribution in [1.29, 1.82) is 0 Å². The van der Waals surface area contributed by atoms with Crippen LogP contribution in [0.3, 0.4) is 0 Å². The summed E-state index contributed by atoms with van der Waals surface area (Å²) in [5, 5.41) is 4.93. The number of nitrogens with one attached hydrogen (secondary N) is 1. The van der Waals surface area contributed by atoms with Crippen molar-refractivity contribution >= 4 is 5.91 Å². The van der Waals surface area contributed by atoms with E-state index in [9.17, 15) is 4.79 Å². The standard InChI is InChI=1S/C20H24N2O2/c1-24-22-19(15-13-17-10-6-3-7-11-17)21-18(20(22)23)14-12-16-8-4-2-5-9-16/h2-11,18-19,21H,12-15H2,1H3/t18-,19+/m0/s1. The van der Waals surface area contributed by atoms with Crippen molar-refractivity contribution in [3.05, 3.63) is 71.8 Å². The third-order valence-corrected chi connectivity index (χ3v) is 4.50. The first kappa shape index (κ1) is 16.7. The highest BCUT2D eigenvalue weighted by molar-refractivity contribution is 5.83. The fraction of sp³-hybridized carbons (Fsp3) is 0.350. The van der Waals surface area contributed by atoms with Crippen LogP contribution < -0.4 is 5.32 Å². The van der Waals surface area contributed by atoms with E-state index in [4.69, 9.17) is 4.84 Å². The fourth-order valence-electron chi connectivity index (χ4n) is 3.21. The SMILES string of the molecule is CON1C(=O)[C@H](CCc2ccccc2)N[C@H]1CCc1ccccc1. The highest BCUT2D eigenvalue weighted by Crippen LogP contribution is 2.19. The Hall–Kier alpha value is -2.17. The van der Waals surface area contributed by atoms with E-state index in [1.807, 2.05) is 36.4 Å². The Balaban J connectivity index is 1.56. The summed E-state index contributed by atoms with van der Waals surface area (Å²) in [6.45, 7) is 0. The molecule has 4 nitrogen and oxygen atoms in total. The average molecular weight is 324 g/mol. The molecule has 1 aliphatic rings. The van der Waals surface area contributed by atoms with Gasteiger partial charge in [-0.3, -0.25) is 14.9 Å². The molecule has 0 unspecified atom stereocenters. The van der Waals surface area contributed by atoms with Crippen molar-refractivity contribution in [2.75, 3.05) is 7.11 Å². The van der Waals surface area contributed by atoms with Gasteiger partial charge in [0, 0.05) is 0 Å². The minimum absolute atomic E-state index is 0.0338. The summed E-state index contributed by atoms with van der Waals surface area (Å²) in [6, 6.07) is 20.4. The van der Waals surface area contributed by atoms with E-state index in [1.165, 1.54) is 16.2 Å². The highest BCUT2D eigenvalue weighted by Gasteiger charge is 2.38. The zero-order valence-electron chi connectivity index (χ0n) is 14.0. The highest BCUT2D eigenvalue weighted by atomic mass is 16.7. The second-order valence-corrected chi connectivity index (χ2v) is 6.13. The molecule has 126 valence electrons. The lowest BCUT2D eigenvalue weighted by Gasteiger charge is -2.21. The van der Waals surface area contributed by atoms with Gasteiger partial charge in [-0.1, -0.05) is 60.7 Å². The van der Waals surface area contributed by atoms with E-state index < -0.39 is 0 Å². The van der Waals surface area contributed by atoms with Gasteiger partial charge in [-0.05, 0) is 36.8 Å². The predicted octanol–water partition coefficient (Wildman–Crippen LogP) is 2.94. The molecular formula is C20H24N2O2. The molecule has 0 radical (unpaired) electrons. The molecule has 2 aromatic carbocycles. The Morgan fingerprint density at radius 1 is 0.917 bits per heavy atom. The molecule has 2 aromatic rings. The van der Waals surface area contributed by atoms with Gasteiger partial charge in [0.05, 0.1) is 13.2 Å². The van der Waals surface area contributed by atoms with E-state index in [0.717, 1.165) is 25.7 Å². The van der Waals surface area contributed by atoms with E-state index >= 15 is 0 Å². The number of carbonyl (C=O) groups excluding carboxylic acids is 1. The number of benzene rings is 2. The average Bonchev–Trinajstić information content (AvgIpc) is 2.95. The van der Waals surface area contributed by atoms with E-state index in [2.05, 4.69) is 29.6 Å². The lowest BCUT2D eigenvalue weighted by Crippen LogP contribution is -2.37. The Morgan fingerprint density at radius 3 is 2.00 bits per heavy atom. The molecule has 0 aromatic heterocycles. The Kier molecular flexibility index (Phi) is 5.62. The molecule has 1 saturated heterocycles. The van der Waals surface area contributed by atoms with Crippen molar-refractivity contribution in [3.8, 4) is 0 Å². The van der Waals surface area contributed by atoms with Crippen LogP contribution in [-0.4, -0.2) is 30.3 Å². The molecule has 0 spiro atoms. The molecule has 1 N–H and O–H groups in total. The molecule has 3 rings (SSSR count). The van der Waals surface area contributed by atoms with Gasteiger partial charge in [-0.25, -0.2) is 5.06 Å². The van der Waals surface area contributed by atoms with Crippen molar-refractivity contribution in [2.45, 2.75) is 37.9 Å². The maximum Gasteiger partial charge on any atom is 0.264 e. The van der Waals surface area contributed by atoms with Crippen molar-refractivity contribution in [3.63, 3.8) is 0 Å².